The zero-order chi connectivity index (χ0) is 11.7. The molecule has 2 nitrogen and oxygen atoms in total. The molecule has 0 atom stereocenters. The van der Waals surface area contributed by atoms with Crippen LogP contribution >= 0.6 is 28.1 Å². The minimum absolute atomic E-state index is 0.574. The van der Waals surface area contributed by atoms with Crippen molar-refractivity contribution >= 4 is 28.1 Å². The molecule has 1 aliphatic rings. The van der Waals surface area contributed by atoms with Gasteiger partial charge in [0.15, 0.2) is 0 Å². The van der Waals surface area contributed by atoms with Gasteiger partial charge >= 0.3 is 0 Å². The minimum Gasteiger partial charge on any atom is -0.346 e. The Bertz CT molecular complexity index is 433. The molecule has 1 N–H and O–H groups in total. The number of hydrogen-bond donors (Lipinski definition) is 1. The van der Waals surface area contributed by atoms with Crippen LogP contribution in [-0.4, -0.2) is 9.97 Å². The Labute approximate surface area is 110 Å². The summed E-state index contributed by atoms with van der Waals surface area (Å²) >= 11 is 8.69. The lowest BCUT2D eigenvalue weighted by Crippen LogP contribution is -2.14. The molecule has 0 bridgehead atoms. The van der Waals surface area contributed by atoms with Gasteiger partial charge in [0.25, 0.3) is 0 Å². The van der Waals surface area contributed by atoms with E-state index in [4.69, 9.17) is 12.2 Å². The van der Waals surface area contributed by atoms with Crippen molar-refractivity contribution in [2.24, 2.45) is 5.92 Å². The molecule has 1 aromatic heterocycles. The maximum atomic E-state index is 5.24. The average molecular weight is 301 g/mol. The molecule has 1 heterocycles. The molecule has 4 heteroatoms. The first-order valence-corrected chi connectivity index (χ1v) is 7.04. The van der Waals surface area contributed by atoms with E-state index < -0.39 is 0 Å². The molecular weight excluding hydrogens is 284 g/mol. The standard InChI is InChI=1S/C12H17BrN2S/c1-7-3-5-9(6-4-7)11-14-8(2)10(13)12(16)15-11/h7,9H,3-6H2,1-2H3,(H,14,15,16). The van der Waals surface area contributed by atoms with E-state index in [0.717, 1.165) is 21.9 Å². The second kappa shape index (κ2) is 4.96. The lowest BCUT2D eigenvalue weighted by Gasteiger charge is -2.25. The summed E-state index contributed by atoms with van der Waals surface area (Å²) < 4.78 is 1.61. The molecule has 0 amide bonds. The second-order valence-electron chi connectivity index (χ2n) is 4.82. The van der Waals surface area contributed by atoms with Crippen LogP contribution in [0.25, 0.3) is 0 Å². The molecule has 2 rings (SSSR count). The lowest BCUT2D eigenvalue weighted by atomic mass is 9.82. The predicted molar refractivity (Wildman–Crippen MR) is 72.2 cm³/mol. The monoisotopic (exact) mass is 300 g/mol. The Morgan fingerprint density at radius 1 is 1.31 bits per heavy atom. The Hall–Kier alpha value is -0.220. The Morgan fingerprint density at radius 2 is 1.94 bits per heavy atom. The van der Waals surface area contributed by atoms with Crippen molar-refractivity contribution < 1.29 is 0 Å². The summed E-state index contributed by atoms with van der Waals surface area (Å²) in [6, 6.07) is 0. The van der Waals surface area contributed by atoms with Gasteiger partial charge in [-0.05, 0) is 41.6 Å². The minimum atomic E-state index is 0.574. The molecule has 0 saturated heterocycles. The van der Waals surface area contributed by atoms with E-state index in [-0.39, 0.29) is 0 Å². The third-order valence-corrected chi connectivity index (χ3v) is 4.99. The molecule has 16 heavy (non-hydrogen) atoms. The normalized spacial score (nSPS) is 25.7. The van der Waals surface area contributed by atoms with Gasteiger partial charge in [-0.2, -0.15) is 0 Å². The Balaban J connectivity index is 2.24. The van der Waals surface area contributed by atoms with Gasteiger partial charge in [0, 0.05) is 11.6 Å². The zero-order valence-corrected chi connectivity index (χ0v) is 12.1. The number of aromatic amines is 1. The Kier molecular flexibility index (Phi) is 3.80. The number of H-pyrrole nitrogens is 1. The van der Waals surface area contributed by atoms with Crippen LogP contribution in [0.1, 0.15) is 50.0 Å². The molecular formula is C12H17BrN2S. The van der Waals surface area contributed by atoms with Crippen LogP contribution < -0.4 is 0 Å². The van der Waals surface area contributed by atoms with E-state index in [2.05, 4.69) is 32.8 Å². The van der Waals surface area contributed by atoms with Crippen LogP contribution in [-0.2, 0) is 0 Å². The fraction of sp³-hybridized carbons (Fsp3) is 0.667. The van der Waals surface area contributed by atoms with E-state index in [1.807, 2.05) is 6.92 Å². The highest BCUT2D eigenvalue weighted by Gasteiger charge is 2.21. The third-order valence-electron chi connectivity index (χ3n) is 3.46. The molecule has 0 spiro atoms. The topological polar surface area (TPSA) is 28.7 Å². The van der Waals surface area contributed by atoms with E-state index in [9.17, 15) is 0 Å². The smallest absolute Gasteiger partial charge is 0.144 e. The summed E-state index contributed by atoms with van der Waals surface area (Å²) in [4.78, 5) is 7.87. The fourth-order valence-corrected chi connectivity index (χ4v) is 2.76. The van der Waals surface area contributed by atoms with E-state index in [1.165, 1.54) is 25.7 Å². The van der Waals surface area contributed by atoms with Crippen molar-refractivity contribution in [3.05, 3.63) is 20.6 Å². The van der Waals surface area contributed by atoms with Gasteiger partial charge in [0.05, 0.1) is 4.47 Å². The summed E-state index contributed by atoms with van der Waals surface area (Å²) in [6.07, 6.45) is 5.09. The SMILES string of the molecule is Cc1[nH]c(C2CCC(C)CC2)nc(=S)c1Br. The van der Waals surface area contributed by atoms with Crippen molar-refractivity contribution in [2.45, 2.75) is 45.4 Å². The number of nitrogens with zero attached hydrogens (tertiary/aromatic N) is 1. The number of halogens is 1. The van der Waals surface area contributed by atoms with Gasteiger partial charge in [-0.3, -0.25) is 0 Å². The van der Waals surface area contributed by atoms with Crippen molar-refractivity contribution in [1.82, 2.24) is 9.97 Å². The van der Waals surface area contributed by atoms with Gasteiger partial charge in [0.1, 0.15) is 10.5 Å². The van der Waals surface area contributed by atoms with E-state index in [0.29, 0.717) is 10.6 Å². The largest absolute Gasteiger partial charge is 0.346 e. The maximum absolute atomic E-state index is 5.24. The molecule has 0 aromatic carbocycles. The van der Waals surface area contributed by atoms with Crippen LogP contribution in [0.2, 0.25) is 0 Å². The fourth-order valence-electron chi connectivity index (χ4n) is 2.32. The maximum Gasteiger partial charge on any atom is 0.144 e. The second-order valence-corrected chi connectivity index (χ2v) is 6.00. The van der Waals surface area contributed by atoms with Crippen molar-refractivity contribution in [3.8, 4) is 0 Å². The number of nitrogens with one attached hydrogen (secondary N) is 1. The predicted octanol–water partition coefficient (Wildman–Crippen LogP) is 4.50. The van der Waals surface area contributed by atoms with Crippen LogP contribution in [0.15, 0.2) is 4.47 Å². The van der Waals surface area contributed by atoms with E-state index >= 15 is 0 Å². The molecule has 88 valence electrons. The van der Waals surface area contributed by atoms with Crippen molar-refractivity contribution in [3.63, 3.8) is 0 Å². The molecule has 1 fully saturated rings. The first kappa shape index (κ1) is 12.2. The van der Waals surface area contributed by atoms with Gasteiger partial charge in [-0.15, -0.1) is 0 Å². The lowest BCUT2D eigenvalue weighted by molar-refractivity contribution is 0.339. The van der Waals surface area contributed by atoms with Crippen LogP contribution in [0.4, 0.5) is 0 Å². The average Bonchev–Trinajstić information content (AvgIpc) is 2.26. The van der Waals surface area contributed by atoms with E-state index in [1.54, 1.807) is 0 Å². The molecule has 0 unspecified atom stereocenters. The van der Waals surface area contributed by atoms with Gasteiger partial charge in [-0.25, -0.2) is 4.98 Å². The number of aromatic nitrogens is 2. The van der Waals surface area contributed by atoms with Crippen LogP contribution in [0.5, 0.6) is 0 Å². The van der Waals surface area contributed by atoms with Crippen molar-refractivity contribution in [1.29, 1.82) is 0 Å². The number of aryl methyl sites for hydroxylation is 1. The zero-order valence-electron chi connectivity index (χ0n) is 9.72. The summed E-state index contributed by atoms with van der Waals surface area (Å²) in [7, 11) is 0. The highest BCUT2D eigenvalue weighted by molar-refractivity contribution is 9.10. The molecule has 0 radical (unpaired) electrons. The molecule has 1 aliphatic carbocycles. The first-order chi connectivity index (χ1) is 7.58. The highest BCUT2D eigenvalue weighted by atomic mass is 79.9. The molecule has 1 saturated carbocycles. The summed E-state index contributed by atoms with van der Waals surface area (Å²) in [6.45, 7) is 4.37. The number of hydrogen-bond acceptors (Lipinski definition) is 2. The summed E-state index contributed by atoms with van der Waals surface area (Å²) in [5.41, 5.74) is 1.09. The summed E-state index contributed by atoms with van der Waals surface area (Å²) in [5, 5.41) is 0. The van der Waals surface area contributed by atoms with Gasteiger partial charge < -0.3 is 4.98 Å². The molecule has 1 aromatic rings. The van der Waals surface area contributed by atoms with Crippen molar-refractivity contribution in [2.75, 3.05) is 0 Å². The quantitative estimate of drug-likeness (QED) is 0.773. The van der Waals surface area contributed by atoms with Gasteiger partial charge in [0.2, 0.25) is 0 Å². The van der Waals surface area contributed by atoms with Crippen LogP contribution in [0, 0.1) is 17.5 Å². The summed E-state index contributed by atoms with van der Waals surface area (Å²) in [5.74, 6) is 2.53. The Morgan fingerprint density at radius 3 is 2.50 bits per heavy atom. The number of rotatable bonds is 1. The molecule has 0 aliphatic heterocycles. The highest BCUT2D eigenvalue weighted by Crippen LogP contribution is 2.34. The van der Waals surface area contributed by atoms with Crippen LogP contribution in [0.3, 0.4) is 0 Å². The van der Waals surface area contributed by atoms with Gasteiger partial charge in [-0.1, -0.05) is 32.0 Å². The first-order valence-electron chi connectivity index (χ1n) is 5.84. The third kappa shape index (κ3) is 2.54.